The summed E-state index contributed by atoms with van der Waals surface area (Å²) in [6, 6.07) is 0. The van der Waals surface area contributed by atoms with Crippen LogP contribution in [0.3, 0.4) is 0 Å². The molecule has 1 aliphatic rings. The van der Waals surface area contributed by atoms with Crippen LogP contribution in [0, 0.1) is 0 Å². The van der Waals surface area contributed by atoms with Crippen LogP contribution in [0.25, 0.3) is 0 Å². The zero-order valence-corrected chi connectivity index (χ0v) is 10.0. The Hall–Kier alpha value is -0.830. The van der Waals surface area contributed by atoms with Gasteiger partial charge in [0, 0.05) is 6.92 Å². The maximum atomic E-state index is 10.9. The van der Waals surface area contributed by atoms with E-state index < -0.39 is 5.60 Å². The molecular formula is C12H20O3. The standard InChI is InChI=1S/C12H20O3/c1-6-12(5)8-7-10(14-9(2)13)11(3,4)15-12/h6,10H,1,7-8H2,2-5H3. The van der Waals surface area contributed by atoms with Crippen molar-refractivity contribution in [2.24, 2.45) is 0 Å². The van der Waals surface area contributed by atoms with E-state index in [1.54, 1.807) is 0 Å². The lowest BCUT2D eigenvalue weighted by Crippen LogP contribution is -2.52. The highest BCUT2D eigenvalue weighted by Gasteiger charge is 2.43. The van der Waals surface area contributed by atoms with Crippen molar-refractivity contribution < 1.29 is 14.3 Å². The Morgan fingerprint density at radius 3 is 2.53 bits per heavy atom. The van der Waals surface area contributed by atoms with Crippen LogP contribution in [-0.4, -0.2) is 23.3 Å². The molecule has 3 heteroatoms. The third-order valence-corrected chi connectivity index (χ3v) is 2.91. The van der Waals surface area contributed by atoms with Gasteiger partial charge in [0.15, 0.2) is 0 Å². The van der Waals surface area contributed by atoms with Crippen molar-refractivity contribution in [1.29, 1.82) is 0 Å². The monoisotopic (exact) mass is 212 g/mol. The minimum Gasteiger partial charge on any atom is -0.460 e. The Morgan fingerprint density at radius 2 is 2.13 bits per heavy atom. The quantitative estimate of drug-likeness (QED) is 0.521. The summed E-state index contributed by atoms with van der Waals surface area (Å²) in [6.07, 6.45) is 3.30. The summed E-state index contributed by atoms with van der Waals surface area (Å²) in [4.78, 5) is 10.9. The first-order valence-electron chi connectivity index (χ1n) is 5.30. The third kappa shape index (κ3) is 2.81. The largest absolute Gasteiger partial charge is 0.460 e. The maximum absolute atomic E-state index is 10.9. The van der Waals surface area contributed by atoms with Gasteiger partial charge in [-0.25, -0.2) is 0 Å². The van der Waals surface area contributed by atoms with Crippen LogP contribution in [0.5, 0.6) is 0 Å². The van der Waals surface area contributed by atoms with Crippen LogP contribution in [0.4, 0.5) is 0 Å². The Balaban J connectivity index is 2.74. The number of carbonyl (C=O) groups excluding carboxylic acids is 1. The van der Waals surface area contributed by atoms with Gasteiger partial charge in [-0.2, -0.15) is 0 Å². The fourth-order valence-corrected chi connectivity index (χ4v) is 2.03. The SMILES string of the molecule is C=CC1(C)CCC(OC(C)=O)C(C)(C)O1. The van der Waals surface area contributed by atoms with Crippen molar-refractivity contribution in [3.05, 3.63) is 12.7 Å². The van der Waals surface area contributed by atoms with Crippen molar-refractivity contribution in [1.82, 2.24) is 0 Å². The Kier molecular flexibility index (Phi) is 3.24. The molecule has 0 aromatic carbocycles. The molecular weight excluding hydrogens is 192 g/mol. The summed E-state index contributed by atoms with van der Waals surface area (Å²) in [5, 5.41) is 0. The summed E-state index contributed by atoms with van der Waals surface area (Å²) in [7, 11) is 0. The second-order valence-electron chi connectivity index (χ2n) is 4.86. The molecule has 0 bridgehead atoms. The maximum Gasteiger partial charge on any atom is 0.303 e. The molecule has 0 aliphatic carbocycles. The molecule has 0 saturated carbocycles. The first-order chi connectivity index (χ1) is 6.79. The molecule has 1 rings (SSSR count). The van der Waals surface area contributed by atoms with Gasteiger partial charge in [0.1, 0.15) is 11.7 Å². The van der Waals surface area contributed by atoms with Crippen molar-refractivity contribution in [2.45, 2.75) is 57.8 Å². The molecule has 0 radical (unpaired) electrons. The fourth-order valence-electron chi connectivity index (χ4n) is 2.03. The van der Waals surface area contributed by atoms with Crippen LogP contribution in [0.1, 0.15) is 40.5 Å². The predicted octanol–water partition coefficient (Wildman–Crippen LogP) is 2.45. The molecule has 3 nitrogen and oxygen atoms in total. The zero-order valence-electron chi connectivity index (χ0n) is 10.0. The number of ether oxygens (including phenoxy) is 2. The summed E-state index contributed by atoms with van der Waals surface area (Å²) in [5.41, 5.74) is -0.757. The number of hydrogen-bond acceptors (Lipinski definition) is 3. The van der Waals surface area contributed by atoms with Gasteiger partial charge < -0.3 is 9.47 Å². The van der Waals surface area contributed by atoms with E-state index in [4.69, 9.17) is 9.47 Å². The lowest BCUT2D eigenvalue weighted by molar-refractivity contribution is -0.211. The number of hydrogen-bond donors (Lipinski definition) is 0. The Labute approximate surface area is 91.4 Å². The van der Waals surface area contributed by atoms with Gasteiger partial charge in [-0.1, -0.05) is 6.08 Å². The van der Waals surface area contributed by atoms with Gasteiger partial charge in [-0.05, 0) is 33.6 Å². The average Bonchev–Trinajstić information content (AvgIpc) is 2.09. The number of esters is 1. The van der Waals surface area contributed by atoms with Gasteiger partial charge in [0.2, 0.25) is 0 Å². The van der Waals surface area contributed by atoms with Crippen LogP contribution in [-0.2, 0) is 14.3 Å². The topological polar surface area (TPSA) is 35.5 Å². The average molecular weight is 212 g/mol. The summed E-state index contributed by atoms with van der Waals surface area (Å²) in [6.45, 7) is 11.1. The van der Waals surface area contributed by atoms with E-state index in [0.717, 1.165) is 12.8 Å². The molecule has 2 atom stereocenters. The van der Waals surface area contributed by atoms with E-state index in [-0.39, 0.29) is 17.7 Å². The molecule has 0 spiro atoms. The molecule has 0 aromatic rings. The van der Waals surface area contributed by atoms with Gasteiger partial charge in [-0.3, -0.25) is 4.79 Å². The molecule has 1 heterocycles. The lowest BCUT2D eigenvalue weighted by atomic mass is 9.85. The molecule has 0 N–H and O–H groups in total. The van der Waals surface area contributed by atoms with Crippen molar-refractivity contribution in [3.8, 4) is 0 Å². The second kappa shape index (κ2) is 3.97. The number of rotatable bonds is 2. The minimum atomic E-state index is -0.452. The van der Waals surface area contributed by atoms with Gasteiger partial charge in [-0.15, -0.1) is 6.58 Å². The van der Waals surface area contributed by atoms with E-state index in [1.165, 1.54) is 6.92 Å². The van der Waals surface area contributed by atoms with Crippen LogP contribution in [0.15, 0.2) is 12.7 Å². The van der Waals surface area contributed by atoms with E-state index in [2.05, 4.69) is 6.58 Å². The molecule has 1 aliphatic heterocycles. The smallest absolute Gasteiger partial charge is 0.303 e. The minimum absolute atomic E-state index is 0.164. The van der Waals surface area contributed by atoms with Gasteiger partial charge >= 0.3 is 5.97 Å². The highest BCUT2D eigenvalue weighted by Crippen LogP contribution is 2.37. The van der Waals surface area contributed by atoms with E-state index >= 15 is 0 Å². The molecule has 86 valence electrons. The molecule has 2 unspecified atom stereocenters. The fraction of sp³-hybridized carbons (Fsp3) is 0.750. The van der Waals surface area contributed by atoms with Gasteiger partial charge in [0.05, 0.1) is 5.60 Å². The lowest BCUT2D eigenvalue weighted by Gasteiger charge is -2.46. The molecule has 0 amide bonds. The van der Waals surface area contributed by atoms with Gasteiger partial charge in [0.25, 0.3) is 0 Å². The van der Waals surface area contributed by atoms with E-state index in [0.29, 0.717) is 0 Å². The molecule has 1 fully saturated rings. The van der Waals surface area contributed by atoms with Crippen molar-refractivity contribution in [2.75, 3.05) is 0 Å². The van der Waals surface area contributed by atoms with Crippen LogP contribution >= 0.6 is 0 Å². The summed E-state index contributed by atoms with van der Waals surface area (Å²) >= 11 is 0. The normalized spacial score (nSPS) is 34.5. The number of carbonyl (C=O) groups is 1. The molecule has 0 aromatic heterocycles. The van der Waals surface area contributed by atoms with E-state index in [1.807, 2.05) is 26.8 Å². The first-order valence-corrected chi connectivity index (χ1v) is 5.30. The second-order valence-corrected chi connectivity index (χ2v) is 4.86. The molecule has 1 saturated heterocycles. The zero-order chi connectivity index (χ0) is 11.7. The summed E-state index contributed by atoms with van der Waals surface area (Å²) < 4.78 is 11.2. The molecule has 15 heavy (non-hydrogen) atoms. The first kappa shape index (κ1) is 12.2. The van der Waals surface area contributed by atoms with Crippen LogP contribution < -0.4 is 0 Å². The van der Waals surface area contributed by atoms with E-state index in [9.17, 15) is 4.79 Å². The Morgan fingerprint density at radius 1 is 1.53 bits per heavy atom. The third-order valence-electron chi connectivity index (χ3n) is 2.91. The highest BCUT2D eigenvalue weighted by atomic mass is 16.6. The summed E-state index contributed by atoms with van der Waals surface area (Å²) in [5.74, 6) is -0.251. The Bertz CT molecular complexity index is 270. The highest BCUT2D eigenvalue weighted by molar-refractivity contribution is 5.66. The van der Waals surface area contributed by atoms with Crippen molar-refractivity contribution in [3.63, 3.8) is 0 Å². The van der Waals surface area contributed by atoms with Crippen molar-refractivity contribution >= 4 is 5.97 Å². The predicted molar refractivity (Wildman–Crippen MR) is 58.6 cm³/mol. The van der Waals surface area contributed by atoms with Crippen LogP contribution in [0.2, 0.25) is 0 Å².